The molecule has 1 aliphatic rings. The van der Waals surface area contributed by atoms with E-state index in [4.69, 9.17) is 4.74 Å². The van der Waals surface area contributed by atoms with E-state index in [0.717, 1.165) is 13.1 Å². The quantitative estimate of drug-likeness (QED) is 0.709. The van der Waals surface area contributed by atoms with Crippen LogP contribution in [0.3, 0.4) is 0 Å². The summed E-state index contributed by atoms with van der Waals surface area (Å²) in [5.41, 5.74) is 0.495. The summed E-state index contributed by atoms with van der Waals surface area (Å²) in [6, 6.07) is 10.3. The number of carbonyl (C=O) groups excluding carboxylic acids is 1. The minimum absolute atomic E-state index is 0.247. The van der Waals surface area contributed by atoms with Crippen molar-refractivity contribution in [2.24, 2.45) is 0 Å². The molecule has 146 valence electrons. The third kappa shape index (κ3) is 4.04. The summed E-state index contributed by atoms with van der Waals surface area (Å²) >= 11 is 1.26. The number of rotatable bonds is 5. The molecule has 1 saturated heterocycles. The van der Waals surface area contributed by atoms with E-state index in [-0.39, 0.29) is 17.0 Å². The number of nitrogens with zero attached hydrogens (tertiary/aromatic N) is 2. The van der Waals surface area contributed by atoms with Gasteiger partial charge < -0.3 is 9.64 Å². The lowest BCUT2D eigenvalue weighted by Crippen LogP contribution is -3.14. The van der Waals surface area contributed by atoms with Crippen molar-refractivity contribution >= 4 is 32.6 Å². The van der Waals surface area contributed by atoms with Gasteiger partial charge in [0.05, 0.1) is 31.0 Å². The van der Waals surface area contributed by atoms with Gasteiger partial charge >= 0.3 is 0 Å². The van der Waals surface area contributed by atoms with Crippen LogP contribution < -0.4 is 9.80 Å². The lowest BCUT2D eigenvalue weighted by molar-refractivity contribution is -0.906. The maximum Gasteiger partial charge on any atom is 0.260 e. The molecule has 1 aliphatic heterocycles. The number of halogens is 2. The molecular weight excluding hydrogens is 384 g/mol. The Morgan fingerprint density at radius 2 is 1.96 bits per heavy atom. The second-order valence-electron chi connectivity index (χ2n) is 6.66. The minimum Gasteiger partial charge on any atom is -0.370 e. The van der Waals surface area contributed by atoms with Crippen LogP contribution in [-0.4, -0.2) is 50.3 Å². The second-order valence-corrected chi connectivity index (χ2v) is 7.67. The van der Waals surface area contributed by atoms with Gasteiger partial charge in [-0.3, -0.25) is 9.69 Å². The summed E-state index contributed by atoms with van der Waals surface area (Å²) in [4.78, 5) is 20.4. The summed E-state index contributed by atoms with van der Waals surface area (Å²) in [6.45, 7) is 4.25. The molecule has 8 heteroatoms. The lowest BCUT2D eigenvalue weighted by atomic mass is 10.2. The van der Waals surface area contributed by atoms with Crippen LogP contribution >= 0.6 is 11.3 Å². The zero-order valence-corrected chi connectivity index (χ0v) is 16.0. The zero-order valence-electron chi connectivity index (χ0n) is 15.2. The molecule has 2 aromatic carbocycles. The first kappa shape index (κ1) is 18.9. The van der Waals surface area contributed by atoms with E-state index in [1.807, 2.05) is 0 Å². The third-order valence-electron chi connectivity index (χ3n) is 4.79. The number of quaternary nitrogens is 1. The Kier molecular flexibility index (Phi) is 5.61. The molecule has 0 unspecified atom stereocenters. The molecule has 0 saturated carbocycles. The van der Waals surface area contributed by atoms with Crippen LogP contribution in [0, 0.1) is 11.6 Å². The molecule has 0 spiro atoms. The Hall–Kier alpha value is -2.42. The first-order valence-corrected chi connectivity index (χ1v) is 9.97. The number of para-hydroxylation sites is 1. The molecule has 3 aromatic rings. The predicted octanol–water partition coefficient (Wildman–Crippen LogP) is 2.14. The van der Waals surface area contributed by atoms with Gasteiger partial charge in [-0.1, -0.05) is 23.5 Å². The molecule has 28 heavy (non-hydrogen) atoms. The smallest absolute Gasteiger partial charge is 0.260 e. The van der Waals surface area contributed by atoms with E-state index in [1.165, 1.54) is 45.4 Å². The first-order valence-electron chi connectivity index (χ1n) is 9.15. The molecule has 1 fully saturated rings. The molecule has 0 radical (unpaired) electrons. The molecule has 1 aromatic heterocycles. The van der Waals surface area contributed by atoms with E-state index in [2.05, 4.69) is 4.98 Å². The van der Waals surface area contributed by atoms with Gasteiger partial charge in [-0.15, -0.1) is 0 Å². The molecule has 0 bridgehead atoms. The van der Waals surface area contributed by atoms with E-state index < -0.39 is 11.6 Å². The number of benzene rings is 2. The van der Waals surface area contributed by atoms with Crippen LogP contribution in [-0.2, 0) is 4.74 Å². The Bertz CT molecular complexity index is 988. The highest BCUT2D eigenvalue weighted by molar-refractivity contribution is 7.22. The van der Waals surface area contributed by atoms with Gasteiger partial charge in [0.1, 0.15) is 30.2 Å². The van der Waals surface area contributed by atoms with Gasteiger partial charge in [0.2, 0.25) is 0 Å². The van der Waals surface area contributed by atoms with Crippen LogP contribution in [0.5, 0.6) is 0 Å². The fourth-order valence-electron chi connectivity index (χ4n) is 3.26. The molecule has 4 rings (SSSR count). The van der Waals surface area contributed by atoms with Crippen LogP contribution in [0.1, 0.15) is 10.4 Å². The normalized spacial score (nSPS) is 15.1. The van der Waals surface area contributed by atoms with Crippen molar-refractivity contribution in [3.05, 3.63) is 59.7 Å². The number of thiazole rings is 1. The molecular formula is C20H20F2N3O2S+. The topological polar surface area (TPSA) is 46.9 Å². The molecule has 1 N–H and O–H groups in total. The number of anilines is 1. The molecule has 2 heterocycles. The fraction of sp³-hybridized carbons (Fsp3) is 0.300. The van der Waals surface area contributed by atoms with Gasteiger partial charge in [0, 0.05) is 5.56 Å². The monoisotopic (exact) mass is 404 g/mol. The number of ether oxygens (including phenoxy) is 1. The first-order chi connectivity index (χ1) is 13.6. The van der Waals surface area contributed by atoms with Crippen molar-refractivity contribution in [1.29, 1.82) is 0 Å². The van der Waals surface area contributed by atoms with Crippen LogP contribution in [0.4, 0.5) is 13.9 Å². The van der Waals surface area contributed by atoms with E-state index in [0.29, 0.717) is 36.1 Å². The highest BCUT2D eigenvalue weighted by Crippen LogP contribution is 2.31. The highest BCUT2D eigenvalue weighted by atomic mass is 32.1. The fourth-order valence-corrected chi connectivity index (χ4v) is 4.26. The van der Waals surface area contributed by atoms with Crippen molar-refractivity contribution in [2.75, 3.05) is 44.3 Å². The summed E-state index contributed by atoms with van der Waals surface area (Å²) in [5.74, 6) is -1.23. The van der Waals surface area contributed by atoms with E-state index in [1.54, 1.807) is 18.2 Å². The van der Waals surface area contributed by atoms with Gasteiger partial charge in [0.15, 0.2) is 5.13 Å². The number of amides is 1. The van der Waals surface area contributed by atoms with E-state index >= 15 is 0 Å². The van der Waals surface area contributed by atoms with Crippen molar-refractivity contribution in [1.82, 2.24) is 4.98 Å². The number of aromatic nitrogens is 1. The van der Waals surface area contributed by atoms with E-state index in [9.17, 15) is 13.6 Å². The number of hydrogen-bond acceptors (Lipinski definition) is 4. The van der Waals surface area contributed by atoms with Crippen LogP contribution in [0.25, 0.3) is 10.2 Å². The average Bonchev–Trinajstić information content (AvgIpc) is 3.14. The van der Waals surface area contributed by atoms with Crippen molar-refractivity contribution in [3.63, 3.8) is 0 Å². The Morgan fingerprint density at radius 3 is 2.71 bits per heavy atom. The second kappa shape index (κ2) is 8.30. The Labute approximate surface area is 165 Å². The summed E-state index contributed by atoms with van der Waals surface area (Å²) < 4.78 is 33.8. The highest BCUT2D eigenvalue weighted by Gasteiger charge is 2.25. The minimum atomic E-state index is -0.472. The standard InChI is InChI=1S/C20H19F2N3O2S/c21-15-4-1-3-14(13-15)19(26)25(8-7-24-9-11-27-12-10-24)20-23-18-16(22)5-2-6-17(18)28-20/h1-6,13H,7-12H2/p+1. The Morgan fingerprint density at radius 1 is 1.18 bits per heavy atom. The third-order valence-corrected chi connectivity index (χ3v) is 5.84. The van der Waals surface area contributed by atoms with Crippen molar-refractivity contribution in [3.8, 4) is 0 Å². The predicted molar refractivity (Wildman–Crippen MR) is 104 cm³/mol. The maximum absolute atomic E-state index is 14.1. The number of fused-ring (bicyclic) bond motifs is 1. The van der Waals surface area contributed by atoms with Gasteiger partial charge in [-0.05, 0) is 30.3 Å². The summed E-state index contributed by atoms with van der Waals surface area (Å²) in [6.07, 6.45) is 0. The van der Waals surface area contributed by atoms with Crippen molar-refractivity contribution in [2.45, 2.75) is 0 Å². The summed E-state index contributed by atoms with van der Waals surface area (Å²) in [5, 5.41) is 0.419. The van der Waals surface area contributed by atoms with Gasteiger partial charge in [-0.2, -0.15) is 0 Å². The summed E-state index contributed by atoms with van der Waals surface area (Å²) in [7, 11) is 0. The molecule has 5 nitrogen and oxygen atoms in total. The number of morpholine rings is 1. The van der Waals surface area contributed by atoms with Gasteiger partial charge in [-0.25, -0.2) is 13.8 Å². The zero-order chi connectivity index (χ0) is 19.5. The number of nitrogens with one attached hydrogen (secondary N) is 1. The molecule has 0 aliphatic carbocycles. The number of hydrogen-bond donors (Lipinski definition) is 1. The lowest BCUT2D eigenvalue weighted by Gasteiger charge is -2.27. The van der Waals surface area contributed by atoms with Gasteiger partial charge in [0.25, 0.3) is 5.91 Å². The molecule has 1 amide bonds. The number of carbonyl (C=O) groups is 1. The average molecular weight is 404 g/mol. The van der Waals surface area contributed by atoms with Crippen LogP contribution in [0.15, 0.2) is 42.5 Å². The SMILES string of the molecule is O=C(c1cccc(F)c1)N(CC[NH+]1CCOCC1)c1nc2c(F)cccc2s1. The Balaban J connectivity index is 1.65. The largest absolute Gasteiger partial charge is 0.370 e. The van der Waals surface area contributed by atoms with Crippen LogP contribution in [0.2, 0.25) is 0 Å². The van der Waals surface area contributed by atoms with Crippen molar-refractivity contribution < 1.29 is 23.2 Å². The maximum atomic E-state index is 14.1. The molecule has 0 atom stereocenters.